The predicted molar refractivity (Wildman–Crippen MR) is 126 cm³/mol. The molecule has 2 N–H and O–H groups in total. The highest BCUT2D eigenvalue weighted by molar-refractivity contribution is 6.20. The number of carbonyl (C=O) groups excluding carboxylic acids is 4. The van der Waals surface area contributed by atoms with Crippen LogP contribution in [0.15, 0.2) is 23.0 Å². The van der Waals surface area contributed by atoms with Gasteiger partial charge in [-0.3, -0.25) is 20.2 Å². The van der Waals surface area contributed by atoms with Crippen LogP contribution in [0.2, 0.25) is 0 Å². The first kappa shape index (κ1) is 24.0. The largest absolute Gasteiger partial charge is 0.462 e. The van der Waals surface area contributed by atoms with E-state index in [1.807, 2.05) is 0 Å². The quantitative estimate of drug-likeness (QED) is 0.375. The second-order valence-corrected chi connectivity index (χ2v) is 9.61. The number of urea groups is 1. The number of imide groups is 2. The molecule has 0 bridgehead atoms. The number of hydrogen-bond donors (Lipinski definition) is 2. The van der Waals surface area contributed by atoms with Crippen LogP contribution in [0.4, 0.5) is 14.9 Å². The molecule has 3 atom stereocenters. The van der Waals surface area contributed by atoms with E-state index in [1.165, 1.54) is 17.1 Å². The molecule has 2 saturated heterocycles. The van der Waals surface area contributed by atoms with E-state index in [-0.39, 0.29) is 53.7 Å². The van der Waals surface area contributed by atoms with Crippen LogP contribution in [0.1, 0.15) is 36.7 Å². The molecule has 3 aliphatic heterocycles. The number of anilines is 1. The lowest BCUT2D eigenvalue weighted by Crippen LogP contribution is -2.75. The molecule has 1 spiro atoms. The summed E-state index contributed by atoms with van der Waals surface area (Å²) in [5.74, 6) is -2.77. The van der Waals surface area contributed by atoms with E-state index in [0.717, 1.165) is 0 Å². The number of barbiturate groups is 1. The van der Waals surface area contributed by atoms with Gasteiger partial charge in [-0.2, -0.15) is 5.10 Å². The van der Waals surface area contributed by atoms with Crippen molar-refractivity contribution in [2.24, 2.45) is 5.41 Å². The normalized spacial score (nSPS) is 24.2. The Bertz CT molecular complexity index is 1510. The van der Waals surface area contributed by atoms with Crippen molar-refractivity contribution in [3.8, 4) is 5.82 Å². The van der Waals surface area contributed by atoms with Gasteiger partial charge in [-0.15, -0.1) is 0 Å². The summed E-state index contributed by atoms with van der Waals surface area (Å²) in [6, 6.07) is -0.225. The van der Waals surface area contributed by atoms with E-state index in [2.05, 4.69) is 20.9 Å². The van der Waals surface area contributed by atoms with Crippen LogP contribution in [0, 0.1) is 11.2 Å². The maximum Gasteiger partial charge on any atom is 0.341 e. The third-order valence-electron chi connectivity index (χ3n) is 7.26. The molecule has 198 valence electrons. The standard InChI is InChI=1S/C24H23FN6O7/c1-4-36-20(32)13-7-26-31(9-13)19-14-5-12-6-24(21(33)27-23(35)28-22(24)34)18-11(3)37-10(2)8-30(18)16(12)15(25)17(14)38-29-19/h5,7,9-11,18H,4,6,8H2,1-3H3,(H2,27,28,33,34,35)/t10-,11-,18?/m1/s1. The van der Waals surface area contributed by atoms with E-state index in [9.17, 15) is 19.2 Å². The molecule has 3 aromatic rings. The zero-order valence-corrected chi connectivity index (χ0v) is 20.6. The fraction of sp³-hybridized carbons (Fsp3) is 0.417. The summed E-state index contributed by atoms with van der Waals surface area (Å²) in [5, 5.41) is 12.7. The number of nitrogens with zero attached hydrogens (tertiary/aromatic N) is 4. The van der Waals surface area contributed by atoms with E-state index < -0.39 is 47.2 Å². The van der Waals surface area contributed by atoms with Crippen molar-refractivity contribution in [2.75, 3.05) is 18.1 Å². The topological polar surface area (TPSA) is 158 Å². The maximum atomic E-state index is 16.2. The number of amides is 4. The molecule has 38 heavy (non-hydrogen) atoms. The predicted octanol–water partition coefficient (Wildman–Crippen LogP) is 1.22. The van der Waals surface area contributed by atoms with Gasteiger partial charge in [0.05, 0.1) is 47.7 Å². The fourth-order valence-electron chi connectivity index (χ4n) is 5.86. The van der Waals surface area contributed by atoms with E-state index in [4.69, 9.17) is 14.0 Å². The third kappa shape index (κ3) is 3.25. The van der Waals surface area contributed by atoms with Crippen molar-refractivity contribution < 1.29 is 37.6 Å². The zero-order chi connectivity index (χ0) is 26.9. The van der Waals surface area contributed by atoms with Crippen LogP contribution < -0.4 is 15.5 Å². The van der Waals surface area contributed by atoms with Crippen LogP contribution in [0.3, 0.4) is 0 Å². The van der Waals surface area contributed by atoms with Crippen molar-refractivity contribution in [1.82, 2.24) is 25.6 Å². The molecule has 0 saturated carbocycles. The van der Waals surface area contributed by atoms with E-state index in [0.29, 0.717) is 5.56 Å². The molecule has 0 radical (unpaired) electrons. The summed E-state index contributed by atoms with van der Waals surface area (Å²) in [5.41, 5.74) is -1.24. The summed E-state index contributed by atoms with van der Waals surface area (Å²) in [7, 11) is 0. The first-order valence-corrected chi connectivity index (χ1v) is 12.1. The number of benzene rings is 1. The van der Waals surface area contributed by atoms with Crippen LogP contribution in [0.25, 0.3) is 16.8 Å². The number of carbonyl (C=O) groups is 4. The minimum Gasteiger partial charge on any atom is -0.462 e. The molecule has 0 aliphatic carbocycles. The number of hydrogen-bond acceptors (Lipinski definition) is 10. The molecule has 1 unspecified atom stereocenters. The second-order valence-electron chi connectivity index (χ2n) is 9.61. The number of halogens is 1. The molecule has 2 fully saturated rings. The Labute approximate surface area is 214 Å². The van der Waals surface area contributed by atoms with Gasteiger partial charge < -0.3 is 18.9 Å². The minimum absolute atomic E-state index is 0.102. The molecule has 6 rings (SSSR count). The van der Waals surface area contributed by atoms with Crippen LogP contribution in [-0.4, -0.2) is 70.2 Å². The summed E-state index contributed by atoms with van der Waals surface area (Å²) >= 11 is 0. The van der Waals surface area contributed by atoms with Gasteiger partial charge >= 0.3 is 12.0 Å². The molecule has 2 aromatic heterocycles. The molecule has 1 aromatic carbocycles. The number of ether oxygens (including phenoxy) is 2. The second kappa shape index (κ2) is 8.34. The lowest BCUT2D eigenvalue weighted by Gasteiger charge is -2.55. The van der Waals surface area contributed by atoms with Crippen molar-refractivity contribution in [1.29, 1.82) is 0 Å². The van der Waals surface area contributed by atoms with Gasteiger partial charge in [-0.05, 0) is 32.4 Å². The summed E-state index contributed by atoms with van der Waals surface area (Å²) < 4.78 is 33.8. The molecule has 14 heteroatoms. The summed E-state index contributed by atoms with van der Waals surface area (Å²) in [6.45, 7) is 5.56. The molecule has 5 heterocycles. The molecule has 4 amide bonds. The Morgan fingerprint density at radius 2 is 2.00 bits per heavy atom. The minimum atomic E-state index is -1.76. The number of aromatic nitrogens is 3. The van der Waals surface area contributed by atoms with E-state index >= 15 is 4.39 Å². The first-order chi connectivity index (χ1) is 18.1. The highest BCUT2D eigenvalue weighted by Gasteiger charge is 2.63. The Morgan fingerprint density at radius 3 is 2.71 bits per heavy atom. The van der Waals surface area contributed by atoms with Crippen LogP contribution in [-0.2, 0) is 25.5 Å². The molecule has 13 nitrogen and oxygen atoms in total. The van der Waals surface area contributed by atoms with Crippen molar-refractivity contribution in [3.05, 3.63) is 35.4 Å². The van der Waals surface area contributed by atoms with Crippen molar-refractivity contribution in [2.45, 2.75) is 45.4 Å². The number of esters is 1. The Balaban J connectivity index is 1.53. The lowest BCUT2D eigenvalue weighted by molar-refractivity contribution is -0.153. The van der Waals surface area contributed by atoms with Crippen molar-refractivity contribution in [3.63, 3.8) is 0 Å². The monoisotopic (exact) mass is 526 g/mol. The van der Waals surface area contributed by atoms with Gasteiger partial charge in [0.2, 0.25) is 23.2 Å². The highest BCUT2D eigenvalue weighted by Crippen LogP contribution is 2.49. The Kier molecular flexibility index (Phi) is 5.28. The number of rotatable bonds is 3. The molecular weight excluding hydrogens is 503 g/mol. The fourth-order valence-corrected chi connectivity index (χ4v) is 5.86. The van der Waals surface area contributed by atoms with Gasteiger partial charge in [-0.25, -0.2) is 18.7 Å². The molecular formula is C24H23FN6O7. The van der Waals surface area contributed by atoms with E-state index in [1.54, 1.807) is 31.7 Å². The van der Waals surface area contributed by atoms with Gasteiger partial charge in [-0.1, -0.05) is 5.16 Å². The molecule has 3 aliphatic rings. The lowest BCUT2D eigenvalue weighted by atomic mass is 9.66. The SMILES string of the molecule is CCOC(=O)c1cnn(-c2noc3c(F)c4c(cc23)CC2(C(=O)NC(=O)NC2=O)C2[C@@H](C)O[C@H](C)CN42)c1. The van der Waals surface area contributed by atoms with Gasteiger partial charge in [0.15, 0.2) is 11.2 Å². The number of morpholine rings is 1. The highest BCUT2D eigenvalue weighted by atomic mass is 19.1. The van der Waals surface area contributed by atoms with Gasteiger partial charge in [0.1, 0.15) is 0 Å². The van der Waals surface area contributed by atoms with Crippen LogP contribution in [0.5, 0.6) is 0 Å². The Morgan fingerprint density at radius 1 is 1.26 bits per heavy atom. The van der Waals surface area contributed by atoms with Crippen LogP contribution >= 0.6 is 0 Å². The smallest absolute Gasteiger partial charge is 0.341 e. The maximum absolute atomic E-state index is 16.2. The number of fused-ring (bicyclic) bond motifs is 5. The summed E-state index contributed by atoms with van der Waals surface area (Å²) in [6.07, 6.45) is 1.47. The summed E-state index contributed by atoms with van der Waals surface area (Å²) in [4.78, 5) is 52.3. The first-order valence-electron chi connectivity index (χ1n) is 12.1. The third-order valence-corrected chi connectivity index (χ3v) is 7.26. The average molecular weight is 526 g/mol. The van der Waals surface area contributed by atoms with Gasteiger partial charge in [0.25, 0.3) is 0 Å². The van der Waals surface area contributed by atoms with Crippen molar-refractivity contribution >= 4 is 40.5 Å². The zero-order valence-electron chi connectivity index (χ0n) is 20.6. The Hall–Kier alpha value is -4.33. The number of nitrogens with one attached hydrogen (secondary N) is 2. The van der Waals surface area contributed by atoms with Gasteiger partial charge in [0, 0.05) is 19.2 Å². The average Bonchev–Trinajstić information content (AvgIpc) is 3.49.